The summed E-state index contributed by atoms with van der Waals surface area (Å²) in [5.41, 5.74) is 2.47. The van der Waals surface area contributed by atoms with Crippen molar-refractivity contribution in [3.8, 4) is 18.1 Å². The molecule has 4 rings (SSSR count). The van der Waals surface area contributed by atoms with Crippen LogP contribution < -0.4 is 20.7 Å². The molecule has 1 amide bonds. The number of halogens is 1. The maximum atomic E-state index is 12.6. The quantitative estimate of drug-likeness (QED) is 0.233. The van der Waals surface area contributed by atoms with Crippen molar-refractivity contribution in [2.75, 3.05) is 36.9 Å². The molecule has 1 fully saturated rings. The van der Waals surface area contributed by atoms with Crippen molar-refractivity contribution in [3.63, 3.8) is 0 Å². The van der Waals surface area contributed by atoms with Crippen molar-refractivity contribution < 1.29 is 14.3 Å². The number of anilines is 3. The topological polar surface area (TPSA) is 97.4 Å². The molecule has 2 aromatic carbocycles. The van der Waals surface area contributed by atoms with E-state index in [1.807, 2.05) is 13.0 Å². The number of rotatable bonds is 9. The summed E-state index contributed by atoms with van der Waals surface area (Å²) in [5.74, 6) is 3.37. The maximum Gasteiger partial charge on any atom is 0.248 e. The summed E-state index contributed by atoms with van der Waals surface area (Å²) >= 11 is 6.14. The van der Waals surface area contributed by atoms with Gasteiger partial charge in [0.2, 0.25) is 5.91 Å². The molecule has 1 aliphatic heterocycles. The summed E-state index contributed by atoms with van der Waals surface area (Å²) in [6, 6.07) is 8.91. The van der Waals surface area contributed by atoms with Crippen LogP contribution in [0.25, 0.3) is 10.9 Å². The number of nitrogens with zero attached hydrogens (tertiary/aromatic N) is 2. The fourth-order valence-electron chi connectivity index (χ4n) is 3.58. The summed E-state index contributed by atoms with van der Waals surface area (Å²) < 4.78 is 11.6. The largest absolute Gasteiger partial charge is 0.486 e. The smallest absolute Gasteiger partial charge is 0.248 e. The Labute approximate surface area is 209 Å². The first kappa shape index (κ1) is 24.5. The number of ether oxygens (including phenoxy) is 2. The second kappa shape index (κ2) is 11.7. The number of hydrogen-bond acceptors (Lipinski definition) is 7. The first-order chi connectivity index (χ1) is 17.1. The van der Waals surface area contributed by atoms with Gasteiger partial charge in [0.15, 0.2) is 0 Å². The number of carbonyl (C=O) groups excluding carboxylic acids is 1. The monoisotopic (exact) mass is 491 g/mol. The molecule has 9 heteroatoms. The minimum atomic E-state index is -0.266. The lowest BCUT2D eigenvalue weighted by Crippen LogP contribution is -2.18. The summed E-state index contributed by atoms with van der Waals surface area (Å²) in [4.78, 5) is 21.4. The Bertz CT molecular complexity index is 1280. The molecule has 180 valence electrons. The molecular formula is C26H26ClN5O3. The predicted molar refractivity (Wildman–Crippen MR) is 138 cm³/mol. The van der Waals surface area contributed by atoms with Gasteiger partial charge in [-0.2, -0.15) is 0 Å². The third-order valence-electron chi connectivity index (χ3n) is 5.34. The van der Waals surface area contributed by atoms with Crippen LogP contribution in [0.5, 0.6) is 5.75 Å². The summed E-state index contributed by atoms with van der Waals surface area (Å²) in [6.07, 6.45) is 11.0. The lowest BCUT2D eigenvalue weighted by molar-refractivity contribution is -0.111. The van der Waals surface area contributed by atoms with Crippen LogP contribution in [0.2, 0.25) is 5.02 Å². The van der Waals surface area contributed by atoms with Crippen molar-refractivity contribution in [3.05, 3.63) is 59.4 Å². The van der Waals surface area contributed by atoms with Crippen LogP contribution in [0.15, 0.2) is 48.8 Å². The second-order valence-corrected chi connectivity index (χ2v) is 8.26. The van der Waals surface area contributed by atoms with Gasteiger partial charge in [0, 0.05) is 41.7 Å². The van der Waals surface area contributed by atoms with Crippen LogP contribution in [0.4, 0.5) is 17.2 Å². The highest BCUT2D eigenvalue weighted by atomic mass is 35.5. The fraction of sp³-hybridized carbons (Fsp3) is 0.269. The minimum absolute atomic E-state index is 0.0944. The zero-order chi connectivity index (χ0) is 24.6. The molecular weight excluding hydrogens is 466 g/mol. The van der Waals surface area contributed by atoms with E-state index in [9.17, 15) is 4.79 Å². The number of terminal acetylenes is 1. The first-order valence-electron chi connectivity index (χ1n) is 11.3. The van der Waals surface area contributed by atoms with Crippen molar-refractivity contribution in [1.82, 2.24) is 15.3 Å². The van der Waals surface area contributed by atoms with Crippen LogP contribution in [-0.2, 0) is 9.53 Å². The Morgan fingerprint density at radius 2 is 2.23 bits per heavy atom. The van der Waals surface area contributed by atoms with Crippen LogP contribution in [0.1, 0.15) is 18.9 Å². The average Bonchev–Trinajstić information content (AvgIpc) is 3.37. The standard InChI is InChI=1S/C26H26ClN5O3/c1-3-17-12-18(7-8-21(17)27)31-26-20-13-23(32-25(33)6-5-10-28-4-2)24(14-22(20)29-16-30-26)35-19-9-11-34-15-19/h1,5-8,12-14,16,19,28H,4,9-11,15H2,2H3,(H,32,33)(H,29,30,31). The summed E-state index contributed by atoms with van der Waals surface area (Å²) in [7, 11) is 0. The molecule has 35 heavy (non-hydrogen) atoms. The van der Waals surface area contributed by atoms with Gasteiger partial charge in [-0.05, 0) is 30.8 Å². The Morgan fingerprint density at radius 3 is 3.00 bits per heavy atom. The van der Waals surface area contributed by atoms with Crippen LogP contribution >= 0.6 is 11.6 Å². The normalized spacial score (nSPS) is 15.3. The van der Waals surface area contributed by atoms with Gasteiger partial charge in [0.05, 0.1) is 29.4 Å². The van der Waals surface area contributed by atoms with E-state index in [1.165, 1.54) is 12.4 Å². The molecule has 3 aromatic rings. The zero-order valence-corrected chi connectivity index (χ0v) is 20.1. The molecule has 0 aliphatic carbocycles. The van der Waals surface area contributed by atoms with Crippen molar-refractivity contribution in [2.45, 2.75) is 19.4 Å². The lowest BCUT2D eigenvalue weighted by atomic mass is 10.1. The number of likely N-dealkylation sites (N-methyl/N-ethyl adjacent to an activating group) is 1. The molecule has 0 bridgehead atoms. The lowest BCUT2D eigenvalue weighted by Gasteiger charge is -2.17. The van der Waals surface area contributed by atoms with Gasteiger partial charge < -0.3 is 25.4 Å². The molecule has 1 aromatic heterocycles. The number of amides is 1. The average molecular weight is 492 g/mol. The number of hydrogen-bond donors (Lipinski definition) is 3. The summed E-state index contributed by atoms with van der Waals surface area (Å²) in [6.45, 7) is 4.57. The van der Waals surface area contributed by atoms with Crippen LogP contribution in [-0.4, -0.2) is 48.3 Å². The van der Waals surface area contributed by atoms with Crippen molar-refractivity contribution >= 4 is 45.6 Å². The number of fused-ring (bicyclic) bond motifs is 1. The number of benzene rings is 2. The Hall–Kier alpha value is -3.64. The van der Waals surface area contributed by atoms with E-state index in [4.69, 9.17) is 27.5 Å². The highest BCUT2D eigenvalue weighted by molar-refractivity contribution is 6.31. The zero-order valence-electron chi connectivity index (χ0n) is 19.3. The van der Waals surface area contributed by atoms with Gasteiger partial charge in [0.1, 0.15) is 24.0 Å². The molecule has 1 aliphatic rings. The third kappa shape index (κ3) is 6.28. The van der Waals surface area contributed by atoms with E-state index in [1.54, 1.807) is 30.3 Å². The SMILES string of the molecule is C#Cc1cc(Nc2ncnc3cc(OC4CCOC4)c(NC(=O)C=CCNCC)cc23)ccc1Cl. The first-order valence-corrected chi connectivity index (χ1v) is 11.7. The van der Waals surface area contributed by atoms with Gasteiger partial charge in [0.25, 0.3) is 0 Å². The molecule has 1 saturated heterocycles. The van der Waals surface area contributed by atoms with E-state index in [0.717, 1.165) is 18.7 Å². The van der Waals surface area contributed by atoms with Gasteiger partial charge in [-0.25, -0.2) is 9.97 Å². The van der Waals surface area contributed by atoms with E-state index in [-0.39, 0.29) is 12.0 Å². The molecule has 3 N–H and O–H groups in total. The highest BCUT2D eigenvalue weighted by Crippen LogP contribution is 2.35. The van der Waals surface area contributed by atoms with Gasteiger partial charge in [-0.3, -0.25) is 4.79 Å². The van der Waals surface area contributed by atoms with E-state index >= 15 is 0 Å². The fourth-order valence-corrected chi connectivity index (χ4v) is 3.75. The third-order valence-corrected chi connectivity index (χ3v) is 5.67. The minimum Gasteiger partial charge on any atom is -0.486 e. The van der Waals surface area contributed by atoms with Gasteiger partial charge in [-0.1, -0.05) is 30.5 Å². The Kier molecular flexibility index (Phi) is 8.16. The van der Waals surface area contributed by atoms with Gasteiger partial charge in [-0.15, -0.1) is 6.42 Å². The second-order valence-electron chi connectivity index (χ2n) is 7.85. The number of carbonyl (C=O) groups is 1. The van der Waals surface area contributed by atoms with Crippen LogP contribution in [0.3, 0.4) is 0 Å². The van der Waals surface area contributed by atoms with Crippen molar-refractivity contribution in [1.29, 1.82) is 0 Å². The van der Waals surface area contributed by atoms with E-state index in [0.29, 0.717) is 58.5 Å². The Balaban J connectivity index is 1.68. The van der Waals surface area contributed by atoms with E-state index < -0.39 is 0 Å². The predicted octanol–water partition coefficient (Wildman–Crippen LogP) is 4.28. The van der Waals surface area contributed by atoms with E-state index in [2.05, 4.69) is 31.8 Å². The Morgan fingerprint density at radius 1 is 1.34 bits per heavy atom. The van der Waals surface area contributed by atoms with Crippen LogP contribution in [0, 0.1) is 12.3 Å². The molecule has 0 saturated carbocycles. The van der Waals surface area contributed by atoms with Crippen molar-refractivity contribution in [2.24, 2.45) is 0 Å². The molecule has 0 spiro atoms. The summed E-state index contributed by atoms with van der Waals surface area (Å²) in [5, 5.41) is 10.5. The molecule has 1 atom stereocenters. The molecule has 0 radical (unpaired) electrons. The number of nitrogens with one attached hydrogen (secondary N) is 3. The highest BCUT2D eigenvalue weighted by Gasteiger charge is 2.20. The van der Waals surface area contributed by atoms with Gasteiger partial charge >= 0.3 is 0 Å². The molecule has 8 nitrogen and oxygen atoms in total. The molecule has 2 heterocycles. The number of aromatic nitrogens is 2. The maximum absolute atomic E-state index is 12.6. The molecule has 1 unspecified atom stereocenters.